The van der Waals surface area contributed by atoms with Gasteiger partial charge in [-0.15, -0.1) is 0 Å². The third kappa shape index (κ3) is 5.33. The molecular weight excluding hydrogens is 348 g/mol. The summed E-state index contributed by atoms with van der Waals surface area (Å²) in [4.78, 5) is 12.2. The SMILES string of the molecule is Cc1ccccc1CN(CC(=O)Nc1cccc(Cl)c1)S(C)(=O)=O. The molecule has 0 spiro atoms. The summed E-state index contributed by atoms with van der Waals surface area (Å²) in [6, 6.07) is 14.2. The highest BCUT2D eigenvalue weighted by Crippen LogP contribution is 2.16. The van der Waals surface area contributed by atoms with Crippen LogP contribution in [0.25, 0.3) is 0 Å². The van der Waals surface area contributed by atoms with Crippen molar-refractivity contribution in [3.05, 3.63) is 64.7 Å². The fraction of sp³-hybridized carbons (Fsp3) is 0.235. The fourth-order valence-corrected chi connectivity index (χ4v) is 3.11. The number of carbonyl (C=O) groups is 1. The first kappa shape index (κ1) is 18.4. The first-order chi connectivity index (χ1) is 11.3. The van der Waals surface area contributed by atoms with Crippen molar-refractivity contribution < 1.29 is 13.2 Å². The molecule has 0 aromatic heterocycles. The highest BCUT2D eigenvalue weighted by molar-refractivity contribution is 7.88. The highest BCUT2D eigenvalue weighted by Gasteiger charge is 2.21. The van der Waals surface area contributed by atoms with Crippen LogP contribution in [0.15, 0.2) is 48.5 Å². The van der Waals surface area contributed by atoms with Crippen LogP contribution in [0.4, 0.5) is 5.69 Å². The van der Waals surface area contributed by atoms with Gasteiger partial charge in [0.2, 0.25) is 15.9 Å². The number of benzene rings is 2. The van der Waals surface area contributed by atoms with Crippen molar-refractivity contribution in [3.8, 4) is 0 Å². The minimum absolute atomic E-state index is 0.147. The quantitative estimate of drug-likeness (QED) is 0.854. The van der Waals surface area contributed by atoms with Crippen molar-refractivity contribution in [1.29, 1.82) is 0 Å². The summed E-state index contributed by atoms with van der Waals surface area (Å²) in [6.45, 7) is 1.79. The van der Waals surface area contributed by atoms with E-state index in [4.69, 9.17) is 11.6 Å². The van der Waals surface area contributed by atoms with Crippen LogP contribution in [0.3, 0.4) is 0 Å². The number of carbonyl (C=O) groups excluding carboxylic acids is 1. The zero-order valence-electron chi connectivity index (χ0n) is 13.5. The van der Waals surface area contributed by atoms with E-state index in [2.05, 4.69) is 5.32 Å². The number of hydrogen-bond donors (Lipinski definition) is 1. The molecule has 2 aromatic rings. The average molecular weight is 367 g/mol. The van der Waals surface area contributed by atoms with E-state index < -0.39 is 15.9 Å². The van der Waals surface area contributed by atoms with Gasteiger partial charge >= 0.3 is 0 Å². The number of aryl methyl sites for hydroxylation is 1. The minimum Gasteiger partial charge on any atom is -0.325 e. The van der Waals surface area contributed by atoms with Gasteiger partial charge in [-0.1, -0.05) is 41.9 Å². The van der Waals surface area contributed by atoms with Crippen LogP contribution in [-0.4, -0.2) is 31.4 Å². The van der Waals surface area contributed by atoms with Crippen LogP contribution >= 0.6 is 11.6 Å². The highest BCUT2D eigenvalue weighted by atomic mass is 35.5. The summed E-state index contributed by atoms with van der Waals surface area (Å²) >= 11 is 5.87. The third-order valence-corrected chi connectivity index (χ3v) is 4.94. The molecule has 0 aliphatic rings. The average Bonchev–Trinajstić information content (AvgIpc) is 2.47. The van der Waals surface area contributed by atoms with Crippen molar-refractivity contribution in [2.45, 2.75) is 13.5 Å². The van der Waals surface area contributed by atoms with Gasteiger partial charge in [0.05, 0.1) is 12.8 Å². The van der Waals surface area contributed by atoms with Crippen LogP contribution in [0.1, 0.15) is 11.1 Å². The topological polar surface area (TPSA) is 66.5 Å². The summed E-state index contributed by atoms with van der Waals surface area (Å²) in [5, 5.41) is 3.15. The van der Waals surface area contributed by atoms with Gasteiger partial charge in [0, 0.05) is 17.3 Å². The van der Waals surface area contributed by atoms with Gasteiger partial charge in [-0.25, -0.2) is 8.42 Å². The van der Waals surface area contributed by atoms with E-state index in [1.807, 2.05) is 31.2 Å². The van der Waals surface area contributed by atoms with Gasteiger partial charge in [-0.2, -0.15) is 4.31 Å². The second-order valence-electron chi connectivity index (χ2n) is 5.52. The fourth-order valence-electron chi connectivity index (χ4n) is 2.19. The molecule has 0 fully saturated rings. The van der Waals surface area contributed by atoms with E-state index in [-0.39, 0.29) is 13.1 Å². The summed E-state index contributed by atoms with van der Waals surface area (Å²) in [6.07, 6.45) is 1.10. The van der Waals surface area contributed by atoms with E-state index in [0.717, 1.165) is 21.7 Å². The Balaban J connectivity index is 2.12. The van der Waals surface area contributed by atoms with Crippen molar-refractivity contribution in [2.75, 3.05) is 18.1 Å². The second-order valence-corrected chi connectivity index (χ2v) is 7.93. The number of nitrogens with one attached hydrogen (secondary N) is 1. The molecule has 7 heteroatoms. The second kappa shape index (κ2) is 7.79. The molecule has 5 nitrogen and oxygen atoms in total. The summed E-state index contributed by atoms with van der Waals surface area (Å²) in [7, 11) is -3.53. The lowest BCUT2D eigenvalue weighted by Gasteiger charge is -2.20. The number of rotatable bonds is 6. The van der Waals surface area contributed by atoms with Crippen LogP contribution in [0, 0.1) is 6.92 Å². The standard InChI is InChI=1S/C17H19ClN2O3S/c1-13-6-3-4-7-14(13)11-20(24(2,22)23)12-17(21)19-16-9-5-8-15(18)10-16/h3-10H,11-12H2,1-2H3,(H,19,21). The molecule has 2 rings (SSSR count). The predicted molar refractivity (Wildman–Crippen MR) is 96.5 cm³/mol. The third-order valence-electron chi connectivity index (χ3n) is 3.51. The normalized spacial score (nSPS) is 11.5. The van der Waals surface area contributed by atoms with Crippen molar-refractivity contribution in [2.24, 2.45) is 0 Å². The Morgan fingerprint density at radius 1 is 1.17 bits per heavy atom. The summed E-state index contributed by atoms with van der Waals surface area (Å²) in [5.74, 6) is -0.420. The maximum Gasteiger partial charge on any atom is 0.239 e. The van der Waals surface area contributed by atoms with Crippen molar-refractivity contribution in [1.82, 2.24) is 4.31 Å². The van der Waals surface area contributed by atoms with Gasteiger partial charge in [0.25, 0.3) is 0 Å². The molecule has 1 amide bonds. The molecular formula is C17H19ClN2O3S. The Morgan fingerprint density at radius 3 is 2.50 bits per heavy atom. The zero-order chi connectivity index (χ0) is 17.7. The van der Waals surface area contributed by atoms with Gasteiger partial charge in [0.15, 0.2) is 0 Å². The molecule has 0 heterocycles. The molecule has 2 aromatic carbocycles. The lowest BCUT2D eigenvalue weighted by molar-refractivity contribution is -0.116. The smallest absolute Gasteiger partial charge is 0.239 e. The van der Waals surface area contributed by atoms with Crippen LogP contribution in [0.2, 0.25) is 5.02 Å². The molecule has 0 unspecified atom stereocenters. The minimum atomic E-state index is -3.53. The first-order valence-corrected chi connectivity index (χ1v) is 9.53. The van der Waals surface area contributed by atoms with Crippen LogP contribution in [0.5, 0.6) is 0 Å². The summed E-state index contributed by atoms with van der Waals surface area (Å²) < 4.78 is 25.2. The number of nitrogens with zero attached hydrogens (tertiary/aromatic N) is 1. The van der Waals surface area contributed by atoms with E-state index >= 15 is 0 Å². The van der Waals surface area contributed by atoms with Gasteiger partial charge in [0.1, 0.15) is 0 Å². The van der Waals surface area contributed by atoms with Crippen LogP contribution < -0.4 is 5.32 Å². The maximum absolute atomic E-state index is 12.2. The maximum atomic E-state index is 12.2. The first-order valence-electron chi connectivity index (χ1n) is 7.31. The Labute approximate surface area is 147 Å². The number of anilines is 1. The molecule has 1 N–H and O–H groups in total. The Kier molecular flexibility index (Phi) is 5.99. The molecule has 0 saturated heterocycles. The molecule has 128 valence electrons. The van der Waals surface area contributed by atoms with Gasteiger partial charge < -0.3 is 5.32 Å². The molecule has 0 atom stereocenters. The Hall–Kier alpha value is -1.89. The lowest BCUT2D eigenvalue weighted by Crippen LogP contribution is -2.37. The number of hydrogen-bond acceptors (Lipinski definition) is 3. The van der Waals surface area contributed by atoms with Gasteiger partial charge in [-0.3, -0.25) is 4.79 Å². The molecule has 24 heavy (non-hydrogen) atoms. The van der Waals surface area contributed by atoms with Crippen molar-refractivity contribution in [3.63, 3.8) is 0 Å². The number of amides is 1. The molecule has 0 saturated carbocycles. The zero-order valence-corrected chi connectivity index (χ0v) is 15.1. The lowest BCUT2D eigenvalue weighted by atomic mass is 10.1. The predicted octanol–water partition coefficient (Wildman–Crippen LogP) is 3.05. The van der Waals surface area contributed by atoms with E-state index in [1.165, 1.54) is 0 Å². The summed E-state index contributed by atoms with van der Waals surface area (Å²) in [5.41, 5.74) is 2.36. The van der Waals surface area contributed by atoms with Gasteiger partial charge in [-0.05, 0) is 36.2 Å². The number of halogens is 1. The van der Waals surface area contributed by atoms with E-state index in [0.29, 0.717) is 10.7 Å². The molecule has 0 bridgehead atoms. The Morgan fingerprint density at radius 2 is 1.88 bits per heavy atom. The molecule has 0 aliphatic carbocycles. The Bertz CT molecular complexity index is 837. The van der Waals surface area contributed by atoms with E-state index in [9.17, 15) is 13.2 Å². The molecule has 0 aliphatic heterocycles. The van der Waals surface area contributed by atoms with E-state index in [1.54, 1.807) is 24.3 Å². The monoisotopic (exact) mass is 366 g/mol. The number of sulfonamides is 1. The van der Waals surface area contributed by atoms with Crippen molar-refractivity contribution >= 4 is 33.2 Å². The van der Waals surface area contributed by atoms with Crippen LogP contribution in [-0.2, 0) is 21.4 Å². The molecule has 0 radical (unpaired) electrons. The largest absolute Gasteiger partial charge is 0.325 e.